The Morgan fingerprint density at radius 2 is 1.67 bits per heavy atom. The zero-order chi connectivity index (χ0) is 25.8. The van der Waals surface area contributed by atoms with Crippen molar-refractivity contribution in [2.45, 2.75) is 20.0 Å². The second-order valence-electron chi connectivity index (χ2n) is 7.93. The summed E-state index contributed by atoms with van der Waals surface area (Å²) in [5.74, 6) is -0.0870. The summed E-state index contributed by atoms with van der Waals surface area (Å²) >= 11 is 12.3. The highest BCUT2D eigenvalue weighted by molar-refractivity contribution is 9.10. The Balaban J connectivity index is 1.62. The third-order valence-electron chi connectivity index (χ3n) is 5.56. The Labute approximate surface area is 231 Å². The molecular weight excluding hydrogens is 608 g/mol. The van der Waals surface area contributed by atoms with Crippen LogP contribution in [0, 0.1) is 0 Å². The van der Waals surface area contributed by atoms with Gasteiger partial charge in [-0.3, -0.25) is 19.8 Å². The highest BCUT2D eigenvalue weighted by Gasteiger charge is 2.34. The summed E-state index contributed by atoms with van der Waals surface area (Å²) in [4.78, 5) is 27.4. The van der Waals surface area contributed by atoms with Gasteiger partial charge in [-0.25, -0.2) is 0 Å². The van der Waals surface area contributed by atoms with E-state index in [2.05, 4.69) is 44.1 Å². The SMILES string of the molecule is CCc1ccc(N2C(=O)/C(=C/c3cc(Br)c(OCc4ccc(Br)cc4)c(OC)c3)C(=O)NC2=S)cc1. The smallest absolute Gasteiger partial charge is 0.270 e. The number of amides is 2. The van der Waals surface area contributed by atoms with Crippen LogP contribution in [-0.2, 0) is 22.6 Å². The first-order valence-corrected chi connectivity index (χ1v) is 13.0. The van der Waals surface area contributed by atoms with Crippen molar-refractivity contribution in [2.75, 3.05) is 12.0 Å². The number of ether oxygens (including phenoxy) is 2. The first-order valence-electron chi connectivity index (χ1n) is 11.1. The van der Waals surface area contributed by atoms with Crippen molar-refractivity contribution in [3.63, 3.8) is 0 Å². The molecule has 0 unspecified atom stereocenters. The molecule has 36 heavy (non-hydrogen) atoms. The molecule has 0 aliphatic carbocycles. The van der Waals surface area contributed by atoms with Gasteiger partial charge in [0.05, 0.1) is 17.3 Å². The number of hydrogen-bond donors (Lipinski definition) is 1. The molecule has 1 aliphatic heterocycles. The second kappa shape index (κ2) is 11.4. The Bertz CT molecular complexity index is 1360. The van der Waals surface area contributed by atoms with Gasteiger partial charge < -0.3 is 9.47 Å². The number of anilines is 1. The fourth-order valence-corrected chi connectivity index (χ4v) is 4.76. The minimum atomic E-state index is -0.558. The second-order valence-corrected chi connectivity index (χ2v) is 10.1. The summed E-state index contributed by atoms with van der Waals surface area (Å²) in [7, 11) is 1.53. The maximum Gasteiger partial charge on any atom is 0.270 e. The fourth-order valence-electron chi connectivity index (χ4n) is 3.64. The van der Waals surface area contributed by atoms with Crippen molar-refractivity contribution in [1.29, 1.82) is 0 Å². The number of thiocarbonyl (C=S) groups is 1. The zero-order valence-electron chi connectivity index (χ0n) is 19.5. The van der Waals surface area contributed by atoms with Crippen LogP contribution in [0.15, 0.2) is 75.2 Å². The molecule has 0 radical (unpaired) electrons. The van der Waals surface area contributed by atoms with Gasteiger partial charge in [0, 0.05) is 4.47 Å². The third kappa shape index (κ3) is 5.69. The minimum absolute atomic E-state index is 0.0411. The molecule has 0 bridgehead atoms. The molecule has 3 aromatic carbocycles. The molecule has 1 aliphatic rings. The highest BCUT2D eigenvalue weighted by atomic mass is 79.9. The molecule has 0 aromatic heterocycles. The number of nitrogens with zero attached hydrogens (tertiary/aromatic N) is 1. The van der Waals surface area contributed by atoms with Crippen LogP contribution >= 0.6 is 44.1 Å². The number of hydrogen-bond acceptors (Lipinski definition) is 5. The van der Waals surface area contributed by atoms with Crippen molar-refractivity contribution in [3.8, 4) is 11.5 Å². The molecule has 3 aromatic rings. The Kier molecular flexibility index (Phi) is 8.23. The largest absolute Gasteiger partial charge is 0.493 e. The Morgan fingerprint density at radius 1 is 1.00 bits per heavy atom. The van der Waals surface area contributed by atoms with Gasteiger partial charge in [0.1, 0.15) is 12.2 Å². The van der Waals surface area contributed by atoms with Crippen LogP contribution < -0.4 is 19.7 Å². The number of halogens is 2. The van der Waals surface area contributed by atoms with Crippen molar-refractivity contribution >= 4 is 72.8 Å². The van der Waals surface area contributed by atoms with Crippen LogP contribution in [0.25, 0.3) is 6.08 Å². The molecule has 4 rings (SSSR count). The molecule has 6 nitrogen and oxygen atoms in total. The van der Waals surface area contributed by atoms with Gasteiger partial charge in [0.15, 0.2) is 16.6 Å². The molecule has 2 amide bonds. The quantitative estimate of drug-likeness (QED) is 0.192. The van der Waals surface area contributed by atoms with Gasteiger partial charge >= 0.3 is 0 Å². The monoisotopic (exact) mass is 628 g/mol. The molecule has 1 saturated heterocycles. The van der Waals surface area contributed by atoms with E-state index in [9.17, 15) is 9.59 Å². The lowest BCUT2D eigenvalue weighted by Crippen LogP contribution is -2.54. The van der Waals surface area contributed by atoms with E-state index in [-0.39, 0.29) is 10.7 Å². The van der Waals surface area contributed by atoms with E-state index in [1.165, 1.54) is 18.1 Å². The van der Waals surface area contributed by atoms with Crippen molar-refractivity contribution in [3.05, 3.63) is 91.9 Å². The number of carbonyl (C=O) groups excluding carboxylic acids is 2. The maximum atomic E-state index is 13.3. The van der Waals surface area contributed by atoms with Gasteiger partial charge in [-0.1, -0.05) is 47.1 Å². The molecule has 1 N–H and O–H groups in total. The van der Waals surface area contributed by atoms with Crippen LogP contribution in [0.1, 0.15) is 23.6 Å². The minimum Gasteiger partial charge on any atom is -0.493 e. The summed E-state index contributed by atoms with van der Waals surface area (Å²) in [6, 6.07) is 18.8. The van der Waals surface area contributed by atoms with Gasteiger partial charge in [-0.05, 0) is 93.7 Å². The van der Waals surface area contributed by atoms with E-state index in [0.29, 0.717) is 33.8 Å². The van der Waals surface area contributed by atoms with E-state index in [4.69, 9.17) is 21.7 Å². The van der Waals surface area contributed by atoms with E-state index in [1.54, 1.807) is 12.1 Å². The Hall–Kier alpha value is -3.01. The summed E-state index contributed by atoms with van der Waals surface area (Å²) in [6.45, 7) is 2.39. The summed E-state index contributed by atoms with van der Waals surface area (Å²) in [6.07, 6.45) is 2.39. The summed E-state index contributed by atoms with van der Waals surface area (Å²) < 4.78 is 13.1. The predicted molar refractivity (Wildman–Crippen MR) is 151 cm³/mol. The predicted octanol–water partition coefficient (Wildman–Crippen LogP) is 6.19. The van der Waals surface area contributed by atoms with E-state index in [1.807, 2.05) is 48.5 Å². The fraction of sp³-hybridized carbons (Fsp3) is 0.148. The number of benzene rings is 3. The van der Waals surface area contributed by atoms with E-state index < -0.39 is 11.8 Å². The van der Waals surface area contributed by atoms with Crippen molar-refractivity contribution in [1.82, 2.24) is 5.32 Å². The van der Waals surface area contributed by atoms with Crippen LogP contribution in [0.2, 0.25) is 0 Å². The Morgan fingerprint density at radius 3 is 2.31 bits per heavy atom. The first-order chi connectivity index (χ1) is 17.3. The lowest BCUT2D eigenvalue weighted by Gasteiger charge is -2.29. The van der Waals surface area contributed by atoms with Crippen LogP contribution in [0.3, 0.4) is 0 Å². The molecule has 1 fully saturated rings. The number of methoxy groups -OCH3 is 1. The van der Waals surface area contributed by atoms with Crippen molar-refractivity contribution < 1.29 is 19.1 Å². The molecular formula is C27H22Br2N2O4S. The molecule has 1 heterocycles. The number of carbonyl (C=O) groups is 2. The van der Waals surface area contributed by atoms with E-state index in [0.717, 1.165) is 22.0 Å². The van der Waals surface area contributed by atoms with Crippen molar-refractivity contribution in [2.24, 2.45) is 0 Å². The molecule has 0 saturated carbocycles. The first kappa shape index (κ1) is 26.1. The van der Waals surface area contributed by atoms with Gasteiger partial charge in [-0.2, -0.15) is 0 Å². The van der Waals surface area contributed by atoms with Gasteiger partial charge in [0.2, 0.25) is 0 Å². The van der Waals surface area contributed by atoms with Crippen LogP contribution in [-0.4, -0.2) is 24.0 Å². The number of aryl methyl sites for hydroxylation is 1. The molecule has 184 valence electrons. The zero-order valence-corrected chi connectivity index (χ0v) is 23.5. The van der Waals surface area contributed by atoms with Gasteiger partial charge in [0.25, 0.3) is 11.8 Å². The average Bonchev–Trinajstić information content (AvgIpc) is 2.87. The highest BCUT2D eigenvalue weighted by Crippen LogP contribution is 2.38. The number of rotatable bonds is 7. The van der Waals surface area contributed by atoms with Crippen LogP contribution in [0.4, 0.5) is 5.69 Å². The third-order valence-corrected chi connectivity index (χ3v) is 6.97. The molecule has 9 heteroatoms. The lowest BCUT2D eigenvalue weighted by atomic mass is 10.1. The topological polar surface area (TPSA) is 67.9 Å². The normalized spacial score (nSPS) is 14.7. The number of nitrogens with one attached hydrogen (secondary N) is 1. The summed E-state index contributed by atoms with van der Waals surface area (Å²) in [5, 5.41) is 2.66. The standard InChI is InChI=1S/C27H22Br2N2O4S/c1-3-16-6-10-20(11-7-16)31-26(33)21(25(32)30-27(31)36)12-18-13-22(29)24(23(14-18)34-2)35-15-17-4-8-19(28)9-5-17/h4-14H,3,15H2,1-2H3,(H,30,32,36)/b21-12+. The summed E-state index contributed by atoms with van der Waals surface area (Å²) in [5.41, 5.74) is 3.26. The van der Waals surface area contributed by atoms with Gasteiger partial charge in [-0.15, -0.1) is 0 Å². The maximum absolute atomic E-state index is 13.3. The average molecular weight is 630 g/mol. The van der Waals surface area contributed by atoms with Crippen LogP contribution in [0.5, 0.6) is 11.5 Å². The lowest BCUT2D eigenvalue weighted by molar-refractivity contribution is -0.122. The molecule has 0 spiro atoms. The molecule has 0 atom stereocenters. The van der Waals surface area contributed by atoms with E-state index >= 15 is 0 Å².